The van der Waals surface area contributed by atoms with Gasteiger partial charge in [-0.15, -0.1) is 0 Å². The second-order valence-corrected chi connectivity index (χ2v) is 6.55. The van der Waals surface area contributed by atoms with Crippen LogP contribution in [0.2, 0.25) is 5.02 Å². The summed E-state index contributed by atoms with van der Waals surface area (Å²) in [4.78, 5) is 25.1. The van der Waals surface area contributed by atoms with Crippen LogP contribution in [0.15, 0.2) is 51.7 Å². The van der Waals surface area contributed by atoms with E-state index in [9.17, 15) is 9.59 Å². The van der Waals surface area contributed by atoms with Crippen LogP contribution in [0.1, 0.15) is 19.4 Å². The Morgan fingerprint density at radius 2 is 1.88 bits per heavy atom. The van der Waals surface area contributed by atoms with Gasteiger partial charge in [0.15, 0.2) is 5.76 Å². The van der Waals surface area contributed by atoms with Gasteiger partial charge in [-0.3, -0.25) is 9.59 Å². The molecule has 128 valence electrons. The van der Waals surface area contributed by atoms with Crippen molar-refractivity contribution in [2.24, 2.45) is 5.92 Å². The number of fused-ring (bicyclic) bond motifs is 1. The molecule has 0 fully saturated rings. The number of ether oxygens (including phenoxy) is 1. The van der Waals surface area contributed by atoms with Gasteiger partial charge in [0, 0.05) is 5.56 Å². The van der Waals surface area contributed by atoms with E-state index in [0.29, 0.717) is 21.6 Å². The lowest BCUT2D eigenvalue weighted by atomic mass is 10.1. The number of hydrogen-bond acceptors (Lipinski definition) is 4. The Labute approximate surface area is 150 Å². The van der Waals surface area contributed by atoms with E-state index in [-0.39, 0.29) is 17.4 Å². The number of aryl methyl sites for hydroxylation is 1. The lowest BCUT2D eigenvalue weighted by molar-refractivity contribution is -0.137. The maximum atomic E-state index is 13.0. The predicted molar refractivity (Wildman–Crippen MR) is 98.1 cm³/mol. The topological polar surface area (TPSA) is 56.5 Å². The number of rotatable bonds is 3. The minimum atomic E-state index is -0.507. The minimum absolute atomic E-state index is 0.134. The summed E-state index contributed by atoms with van der Waals surface area (Å²) >= 11 is 6.26. The smallest absolute Gasteiger partial charge is 0.314 e. The zero-order valence-electron chi connectivity index (χ0n) is 14.1. The van der Waals surface area contributed by atoms with Gasteiger partial charge in [-0.25, -0.2) is 0 Å². The molecule has 5 heteroatoms. The first-order valence-corrected chi connectivity index (χ1v) is 8.30. The van der Waals surface area contributed by atoms with Crippen molar-refractivity contribution in [3.05, 3.63) is 63.3 Å². The summed E-state index contributed by atoms with van der Waals surface area (Å²) < 4.78 is 11.3. The van der Waals surface area contributed by atoms with Gasteiger partial charge in [0.25, 0.3) is 0 Å². The fourth-order valence-electron chi connectivity index (χ4n) is 2.43. The highest BCUT2D eigenvalue weighted by atomic mass is 35.5. The van der Waals surface area contributed by atoms with Crippen LogP contribution in [0, 0.1) is 12.8 Å². The molecule has 0 amide bonds. The molecule has 0 aliphatic rings. The van der Waals surface area contributed by atoms with E-state index in [1.54, 1.807) is 50.2 Å². The fourth-order valence-corrected chi connectivity index (χ4v) is 2.65. The molecule has 0 radical (unpaired) electrons. The normalized spacial score (nSPS) is 11.1. The molecule has 3 rings (SSSR count). The standard InChI is InChI=1S/C20H17ClO4/c1-11(2)20(23)25-19-17(22)14-10-12(3)8-9-16(14)24-18(19)13-6-4-5-7-15(13)21/h4-11H,1-3H3. The van der Waals surface area contributed by atoms with Gasteiger partial charge >= 0.3 is 5.97 Å². The largest absolute Gasteiger partial charge is 0.452 e. The molecule has 0 saturated heterocycles. The highest BCUT2D eigenvalue weighted by molar-refractivity contribution is 6.33. The van der Waals surface area contributed by atoms with Crippen LogP contribution in [-0.4, -0.2) is 5.97 Å². The maximum Gasteiger partial charge on any atom is 0.314 e. The number of hydrogen-bond donors (Lipinski definition) is 0. The molecule has 0 N–H and O–H groups in total. The van der Waals surface area contributed by atoms with E-state index in [4.69, 9.17) is 20.8 Å². The highest BCUT2D eigenvalue weighted by Crippen LogP contribution is 2.35. The zero-order chi connectivity index (χ0) is 18.1. The molecule has 1 aromatic heterocycles. The third-order valence-electron chi connectivity index (χ3n) is 3.80. The van der Waals surface area contributed by atoms with E-state index in [1.165, 1.54) is 0 Å². The molecule has 0 atom stereocenters. The Bertz CT molecular complexity index is 1020. The first-order chi connectivity index (χ1) is 11.9. The van der Waals surface area contributed by atoms with Gasteiger partial charge in [0.2, 0.25) is 11.2 Å². The van der Waals surface area contributed by atoms with Gasteiger partial charge in [-0.2, -0.15) is 0 Å². The van der Waals surface area contributed by atoms with Crippen molar-refractivity contribution < 1.29 is 13.9 Å². The monoisotopic (exact) mass is 356 g/mol. The van der Waals surface area contributed by atoms with Crippen molar-refractivity contribution in [2.45, 2.75) is 20.8 Å². The second-order valence-electron chi connectivity index (χ2n) is 6.14. The molecule has 2 aromatic carbocycles. The molecule has 4 nitrogen and oxygen atoms in total. The Kier molecular flexibility index (Phi) is 4.64. The number of benzene rings is 2. The average molecular weight is 357 g/mol. The van der Waals surface area contributed by atoms with Gasteiger partial charge in [-0.05, 0) is 31.2 Å². The van der Waals surface area contributed by atoms with Crippen LogP contribution in [0.4, 0.5) is 0 Å². The summed E-state index contributed by atoms with van der Waals surface area (Å²) in [5, 5.41) is 0.765. The first kappa shape index (κ1) is 17.2. The van der Waals surface area contributed by atoms with Gasteiger partial charge in [-0.1, -0.05) is 49.2 Å². The van der Waals surface area contributed by atoms with Gasteiger partial charge < -0.3 is 9.15 Å². The quantitative estimate of drug-likeness (QED) is 0.621. The fraction of sp³-hybridized carbons (Fsp3) is 0.200. The zero-order valence-corrected chi connectivity index (χ0v) is 14.9. The van der Waals surface area contributed by atoms with E-state index >= 15 is 0 Å². The molecule has 25 heavy (non-hydrogen) atoms. The third-order valence-corrected chi connectivity index (χ3v) is 4.13. The Balaban J connectivity index is 2.34. The van der Waals surface area contributed by atoms with Gasteiger partial charge in [0.05, 0.1) is 16.3 Å². The van der Waals surface area contributed by atoms with Crippen molar-refractivity contribution in [3.8, 4) is 17.1 Å². The molecule has 3 aromatic rings. The third kappa shape index (κ3) is 3.30. The average Bonchev–Trinajstić information content (AvgIpc) is 2.58. The SMILES string of the molecule is Cc1ccc2oc(-c3ccccc3Cl)c(OC(=O)C(C)C)c(=O)c2c1. The molecule has 0 aliphatic carbocycles. The van der Waals surface area contributed by atoms with E-state index in [0.717, 1.165) is 5.56 Å². The van der Waals surface area contributed by atoms with Crippen molar-refractivity contribution in [1.82, 2.24) is 0 Å². The first-order valence-electron chi connectivity index (χ1n) is 7.92. The van der Waals surface area contributed by atoms with Crippen LogP contribution in [-0.2, 0) is 4.79 Å². The van der Waals surface area contributed by atoms with Crippen molar-refractivity contribution >= 4 is 28.5 Å². The molecule has 0 bridgehead atoms. The van der Waals surface area contributed by atoms with E-state index < -0.39 is 11.4 Å². The molecule has 1 heterocycles. The number of carbonyl (C=O) groups is 1. The molecule has 0 spiro atoms. The van der Waals surface area contributed by atoms with Crippen molar-refractivity contribution in [1.29, 1.82) is 0 Å². The van der Waals surface area contributed by atoms with Crippen molar-refractivity contribution in [3.63, 3.8) is 0 Å². The number of halogens is 1. The van der Waals surface area contributed by atoms with Crippen LogP contribution in [0.25, 0.3) is 22.3 Å². The van der Waals surface area contributed by atoms with E-state index in [1.807, 2.05) is 13.0 Å². The van der Waals surface area contributed by atoms with Crippen LogP contribution >= 0.6 is 11.6 Å². The lowest BCUT2D eigenvalue weighted by Gasteiger charge is -2.12. The lowest BCUT2D eigenvalue weighted by Crippen LogP contribution is -2.20. The summed E-state index contributed by atoms with van der Waals surface area (Å²) in [6, 6.07) is 12.2. The predicted octanol–water partition coefficient (Wildman–Crippen LogP) is 4.98. The van der Waals surface area contributed by atoms with Crippen LogP contribution in [0.5, 0.6) is 5.75 Å². The van der Waals surface area contributed by atoms with Crippen LogP contribution in [0.3, 0.4) is 0 Å². The number of carbonyl (C=O) groups excluding carboxylic acids is 1. The Morgan fingerprint density at radius 1 is 1.16 bits per heavy atom. The molecule has 0 aliphatic heterocycles. The molecule has 0 saturated carbocycles. The summed E-state index contributed by atoms with van der Waals surface area (Å²) in [6.45, 7) is 5.27. The van der Waals surface area contributed by atoms with E-state index in [2.05, 4.69) is 0 Å². The molecule has 0 unspecified atom stereocenters. The number of esters is 1. The minimum Gasteiger partial charge on any atom is -0.452 e. The highest BCUT2D eigenvalue weighted by Gasteiger charge is 2.23. The Hall–Kier alpha value is -2.59. The summed E-state index contributed by atoms with van der Waals surface area (Å²) in [5.41, 5.74) is 1.42. The summed E-state index contributed by atoms with van der Waals surface area (Å²) in [5.74, 6) is -0.870. The Morgan fingerprint density at radius 3 is 2.56 bits per heavy atom. The van der Waals surface area contributed by atoms with Crippen molar-refractivity contribution in [2.75, 3.05) is 0 Å². The van der Waals surface area contributed by atoms with Gasteiger partial charge in [0.1, 0.15) is 5.58 Å². The maximum absolute atomic E-state index is 13.0. The summed E-state index contributed by atoms with van der Waals surface area (Å²) in [7, 11) is 0. The second kappa shape index (κ2) is 6.73. The summed E-state index contributed by atoms with van der Waals surface area (Å²) in [6.07, 6.45) is 0. The molecular formula is C20H17ClO4. The van der Waals surface area contributed by atoms with Crippen LogP contribution < -0.4 is 10.2 Å². The molecular weight excluding hydrogens is 340 g/mol.